The highest BCUT2D eigenvalue weighted by Crippen LogP contribution is 2.30. The van der Waals surface area contributed by atoms with Crippen molar-refractivity contribution in [1.82, 2.24) is 4.90 Å². The lowest BCUT2D eigenvalue weighted by Crippen LogP contribution is -2.32. The van der Waals surface area contributed by atoms with Gasteiger partial charge in [-0.3, -0.25) is 9.59 Å². The van der Waals surface area contributed by atoms with Crippen molar-refractivity contribution >= 4 is 40.7 Å². The first-order valence-corrected chi connectivity index (χ1v) is 8.84. The van der Waals surface area contributed by atoms with Gasteiger partial charge in [0.2, 0.25) is 5.91 Å². The number of carbonyl (C=O) groups is 2. The molecule has 0 saturated carbocycles. The third-order valence-corrected chi connectivity index (χ3v) is 4.72. The summed E-state index contributed by atoms with van der Waals surface area (Å²) in [6.07, 6.45) is 0.548. The largest absolute Gasteiger partial charge is 0.492 e. The summed E-state index contributed by atoms with van der Waals surface area (Å²) in [5.41, 5.74) is 1.83. The molecule has 1 aliphatic heterocycles. The van der Waals surface area contributed by atoms with Gasteiger partial charge in [-0.05, 0) is 48.4 Å². The maximum absolute atomic E-state index is 12.6. The quantitative estimate of drug-likeness (QED) is 0.861. The maximum Gasteiger partial charge on any atom is 0.254 e. The molecule has 0 saturated heterocycles. The third kappa shape index (κ3) is 3.94. The van der Waals surface area contributed by atoms with Gasteiger partial charge in [0.1, 0.15) is 12.4 Å². The van der Waals surface area contributed by atoms with Gasteiger partial charge < -0.3 is 15.0 Å². The van der Waals surface area contributed by atoms with Gasteiger partial charge in [0.05, 0.1) is 16.5 Å². The van der Waals surface area contributed by atoms with Crippen LogP contribution in [0.4, 0.5) is 5.69 Å². The van der Waals surface area contributed by atoms with E-state index in [9.17, 15) is 9.59 Å². The average Bonchev–Trinajstić information content (AvgIpc) is 2.60. The van der Waals surface area contributed by atoms with Gasteiger partial charge >= 0.3 is 0 Å². The van der Waals surface area contributed by atoms with E-state index in [1.807, 2.05) is 12.1 Å². The fourth-order valence-electron chi connectivity index (χ4n) is 2.78. The number of carbonyl (C=O) groups excluding carboxylic acids is 2. The standard InChI is InChI=1S/C19H18Cl2N2O3/c1-23(2)19(25)15-5-4-14(9-16(15)21)22-18(24)12-7-11-8-13(20)3-6-17(11)26-10-12/h3-6,8-9,12H,7,10H2,1-2H3,(H,22,24). The molecule has 0 bridgehead atoms. The third-order valence-electron chi connectivity index (χ3n) is 4.17. The van der Waals surface area contributed by atoms with Gasteiger partial charge in [-0.1, -0.05) is 23.2 Å². The predicted octanol–water partition coefficient (Wildman–Crippen LogP) is 3.89. The molecule has 26 heavy (non-hydrogen) atoms. The van der Waals surface area contributed by atoms with E-state index in [0.29, 0.717) is 34.3 Å². The van der Waals surface area contributed by atoms with Crippen LogP contribution in [0.2, 0.25) is 10.0 Å². The summed E-state index contributed by atoms with van der Waals surface area (Å²) in [5, 5.41) is 3.73. The van der Waals surface area contributed by atoms with Crippen LogP contribution in [-0.4, -0.2) is 37.4 Å². The number of nitrogens with one attached hydrogen (secondary N) is 1. The molecule has 136 valence electrons. The van der Waals surface area contributed by atoms with Crippen molar-refractivity contribution in [3.8, 4) is 5.75 Å². The monoisotopic (exact) mass is 392 g/mol. The molecule has 0 radical (unpaired) electrons. The van der Waals surface area contributed by atoms with Gasteiger partial charge in [0.25, 0.3) is 5.91 Å². The Hall–Kier alpha value is -2.24. The number of amides is 2. The molecule has 0 aliphatic carbocycles. The Bertz CT molecular complexity index is 868. The summed E-state index contributed by atoms with van der Waals surface area (Å²) in [5.74, 6) is 0.0660. The Morgan fingerprint density at radius 2 is 1.92 bits per heavy atom. The normalized spacial score (nSPS) is 15.6. The zero-order chi connectivity index (χ0) is 18.8. The molecule has 0 spiro atoms. The van der Waals surface area contributed by atoms with E-state index < -0.39 is 0 Å². The lowest BCUT2D eigenvalue weighted by molar-refractivity contribution is -0.121. The first-order valence-electron chi connectivity index (χ1n) is 8.08. The second-order valence-electron chi connectivity index (χ2n) is 6.35. The fourth-order valence-corrected chi connectivity index (χ4v) is 3.24. The Labute approximate surface area is 161 Å². The molecule has 1 atom stereocenters. The maximum atomic E-state index is 12.6. The molecule has 1 unspecified atom stereocenters. The number of hydrogen-bond donors (Lipinski definition) is 1. The molecule has 2 aromatic carbocycles. The zero-order valence-electron chi connectivity index (χ0n) is 14.4. The minimum absolute atomic E-state index is 0.168. The van der Waals surface area contributed by atoms with Gasteiger partial charge in [0, 0.05) is 24.8 Å². The Morgan fingerprint density at radius 1 is 1.15 bits per heavy atom. The number of fused-ring (bicyclic) bond motifs is 1. The molecule has 0 fully saturated rings. The highest BCUT2D eigenvalue weighted by atomic mass is 35.5. The van der Waals surface area contributed by atoms with Crippen LogP contribution < -0.4 is 10.1 Å². The summed E-state index contributed by atoms with van der Waals surface area (Å²) >= 11 is 12.2. The molecular weight excluding hydrogens is 375 g/mol. The number of hydrogen-bond acceptors (Lipinski definition) is 3. The van der Waals surface area contributed by atoms with Gasteiger partial charge in [0.15, 0.2) is 0 Å². The van der Waals surface area contributed by atoms with Crippen LogP contribution >= 0.6 is 23.2 Å². The summed E-state index contributed by atoms with van der Waals surface area (Å²) in [4.78, 5) is 26.0. The first-order chi connectivity index (χ1) is 12.3. The van der Waals surface area contributed by atoms with Crippen molar-refractivity contribution in [2.24, 2.45) is 5.92 Å². The van der Waals surface area contributed by atoms with E-state index in [4.69, 9.17) is 27.9 Å². The van der Waals surface area contributed by atoms with Crippen LogP contribution in [0, 0.1) is 5.92 Å². The van der Waals surface area contributed by atoms with Crippen molar-refractivity contribution in [2.45, 2.75) is 6.42 Å². The van der Waals surface area contributed by atoms with Crippen LogP contribution in [0.15, 0.2) is 36.4 Å². The van der Waals surface area contributed by atoms with Crippen molar-refractivity contribution in [2.75, 3.05) is 26.0 Å². The number of anilines is 1. The molecule has 5 nitrogen and oxygen atoms in total. The summed E-state index contributed by atoms with van der Waals surface area (Å²) in [7, 11) is 3.31. The smallest absolute Gasteiger partial charge is 0.254 e. The number of benzene rings is 2. The molecule has 0 aromatic heterocycles. The van der Waals surface area contributed by atoms with Crippen LogP contribution in [-0.2, 0) is 11.2 Å². The minimum Gasteiger partial charge on any atom is -0.492 e. The number of nitrogens with zero attached hydrogens (tertiary/aromatic N) is 1. The van der Waals surface area contributed by atoms with Gasteiger partial charge in [-0.15, -0.1) is 0 Å². The van der Waals surface area contributed by atoms with E-state index in [-0.39, 0.29) is 17.7 Å². The highest BCUT2D eigenvalue weighted by molar-refractivity contribution is 6.34. The van der Waals surface area contributed by atoms with Crippen molar-refractivity contribution in [1.29, 1.82) is 0 Å². The van der Waals surface area contributed by atoms with E-state index in [1.165, 1.54) is 4.90 Å². The van der Waals surface area contributed by atoms with Crippen molar-refractivity contribution in [3.05, 3.63) is 57.6 Å². The highest BCUT2D eigenvalue weighted by Gasteiger charge is 2.26. The SMILES string of the molecule is CN(C)C(=O)c1ccc(NC(=O)C2COc3ccc(Cl)cc3C2)cc1Cl. The van der Waals surface area contributed by atoms with Crippen molar-refractivity contribution < 1.29 is 14.3 Å². The van der Waals surface area contributed by atoms with E-state index >= 15 is 0 Å². The van der Waals surface area contributed by atoms with Gasteiger partial charge in [-0.25, -0.2) is 0 Å². The summed E-state index contributed by atoms with van der Waals surface area (Å²) < 4.78 is 5.65. The lowest BCUT2D eigenvalue weighted by Gasteiger charge is -2.24. The Balaban J connectivity index is 1.71. The Kier molecular flexibility index (Phi) is 5.39. The lowest BCUT2D eigenvalue weighted by atomic mass is 9.96. The first kappa shape index (κ1) is 18.5. The fraction of sp³-hybridized carbons (Fsp3) is 0.263. The summed E-state index contributed by atoms with van der Waals surface area (Å²) in [6, 6.07) is 10.2. The van der Waals surface area contributed by atoms with Crippen LogP contribution in [0.1, 0.15) is 15.9 Å². The number of halogens is 2. The predicted molar refractivity (Wildman–Crippen MR) is 102 cm³/mol. The van der Waals surface area contributed by atoms with Crippen LogP contribution in [0.3, 0.4) is 0 Å². The molecule has 1 heterocycles. The Morgan fingerprint density at radius 3 is 2.62 bits per heavy atom. The van der Waals surface area contributed by atoms with E-state index in [1.54, 1.807) is 38.4 Å². The van der Waals surface area contributed by atoms with E-state index in [2.05, 4.69) is 5.32 Å². The van der Waals surface area contributed by atoms with Crippen LogP contribution in [0.25, 0.3) is 0 Å². The van der Waals surface area contributed by atoms with E-state index in [0.717, 1.165) is 11.3 Å². The minimum atomic E-state index is -0.331. The van der Waals surface area contributed by atoms with Crippen molar-refractivity contribution in [3.63, 3.8) is 0 Å². The average molecular weight is 393 g/mol. The summed E-state index contributed by atoms with van der Waals surface area (Å²) in [6.45, 7) is 0.297. The number of ether oxygens (including phenoxy) is 1. The molecule has 1 aliphatic rings. The molecule has 2 amide bonds. The van der Waals surface area contributed by atoms with Crippen LogP contribution in [0.5, 0.6) is 5.75 Å². The molecule has 7 heteroatoms. The topological polar surface area (TPSA) is 58.6 Å². The number of rotatable bonds is 3. The molecular formula is C19H18Cl2N2O3. The molecule has 2 aromatic rings. The molecule has 1 N–H and O–H groups in total. The second-order valence-corrected chi connectivity index (χ2v) is 7.19. The molecule has 3 rings (SSSR count). The zero-order valence-corrected chi connectivity index (χ0v) is 15.9. The van der Waals surface area contributed by atoms with Gasteiger partial charge in [-0.2, -0.15) is 0 Å². The second kappa shape index (κ2) is 7.56.